The van der Waals surface area contributed by atoms with E-state index in [0.29, 0.717) is 27.2 Å². The number of amides is 1. The summed E-state index contributed by atoms with van der Waals surface area (Å²) < 4.78 is 67.9. The van der Waals surface area contributed by atoms with Gasteiger partial charge in [0.15, 0.2) is 9.84 Å². The molecule has 0 aliphatic rings. The molecule has 0 bridgehead atoms. The molecule has 6 nitrogen and oxygen atoms in total. The molecule has 13 heteroatoms. The number of anilines is 1. The summed E-state index contributed by atoms with van der Waals surface area (Å²) in [6.45, 7) is 3.24. The van der Waals surface area contributed by atoms with Gasteiger partial charge in [-0.15, -0.1) is 22.7 Å². The number of carbonyl (C=O) groups is 1. The van der Waals surface area contributed by atoms with Gasteiger partial charge in [-0.05, 0) is 49.1 Å². The smallest absolute Gasteiger partial charge is 0.425 e. The Hall–Kier alpha value is -2.67. The van der Waals surface area contributed by atoms with Gasteiger partial charge in [0.25, 0.3) is 5.91 Å². The maximum Gasteiger partial charge on any atom is 0.425 e. The van der Waals surface area contributed by atoms with Gasteiger partial charge >= 0.3 is 6.18 Å². The lowest BCUT2D eigenvalue weighted by Gasteiger charge is -2.23. The summed E-state index contributed by atoms with van der Waals surface area (Å²) in [5, 5.41) is 4.56. The third kappa shape index (κ3) is 5.51. The summed E-state index contributed by atoms with van der Waals surface area (Å²) in [5.41, 5.74) is 0.838. The van der Waals surface area contributed by atoms with E-state index in [1.807, 2.05) is 0 Å². The molecule has 0 unspecified atom stereocenters. The molecule has 4 rings (SSSR count). The number of alkyl halides is 3. The van der Waals surface area contributed by atoms with Crippen molar-refractivity contribution in [1.82, 2.24) is 4.98 Å². The largest absolute Gasteiger partial charge is 0.438 e. The maximum absolute atomic E-state index is 12.9. The third-order valence-electron chi connectivity index (χ3n) is 5.47. The van der Waals surface area contributed by atoms with E-state index in [2.05, 4.69) is 10.3 Å². The van der Waals surface area contributed by atoms with Crippen molar-refractivity contribution >= 4 is 65.8 Å². The van der Waals surface area contributed by atoms with Crippen molar-refractivity contribution in [3.8, 4) is 11.6 Å². The second-order valence-electron chi connectivity index (χ2n) is 8.36. The lowest BCUT2D eigenvalue weighted by molar-refractivity contribution is -0.134. The molecule has 0 saturated carbocycles. The molecule has 0 atom stereocenters. The van der Waals surface area contributed by atoms with Crippen LogP contribution in [0.4, 0.5) is 18.9 Å². The molecule has 1 amide bonds. The lowest BCUT2D eigenvalue weighted by atomic mass is 10.0. The normalized spacial score (nSPS) is 12.6. The van der Waals surface area contributed by atoms with Crippen LogP contribution < -0.4 is 10.1 Å². The van der Waals surface area contributed by atoms with E-state index < -0.39 is 31.5 Å². The van der Waals surface area contributed by atoms with Crippen molar-refractivity contribution < 1.29 is 31.1 Å². The molecule has 0 aliphatic heterocycles. The Kier molecular flexibility index (Phi) is 6.84. The number of aromatic nitrogens is 1. The fourth-order valence-electron chi connectivity index (χ4n) is 3.18. The zero-order valence-electron chi connectivity index (χ0n) is 18.9. The molecule has 4 aromatic rings. The van der Waals surface area contributed by atoms with Gasteiger partial charge in [-0.1, -0.05) is 17.7 Å². The summed E-state index contributed by atoms with van der Waals surface area (Å²) in [4.78, 5) is 16.4. The number of carbonyl (C=O) groups excluding carboxylic acids is 1. The average Bonchev–Trinajstić information content (AvgIpc) is 3.38. The number of ether oxygens (including phenoxy) is 1. The highest BCUT2D eigenvalue weighted by Crippen LogP contribution is 2.38. The first kappa shape index (κ1) is 26.4. The van der Waals surface area contributed by atoms with E-state index in [0.717, 1.165) is 10.8 Å². The summed E-state index contributed by atoms with van der Waals surface area (Å²) >= 11 is 7.72. The lowest BCUT2D eigenvalue weighted by Crippen LogP contribution is -2.27. The van der Waals surface area contributed by atoms with Gasteiger partial charge in [0, 0.05) is 34.2 Å². The van der Waals surface area contributed by atoms with Gasteiger partial charge < -0.3 is 10.1 Å². The Morgan fingerprint density at radius 1 is 1.11 bits per heavy atom. The first-order valence-electron chi connectivity index (χ1n) is 10.2. The topological polar surface area (TPSA) is 85.4 Å². The molecule has 1 N–H and O–H groups in total. The van der Waals surface area contributed by atoms with Crippen molar-refractivity contribution in [2.75, 3.05) is 11.6 Å². The molecule has 0 spiro atoms. The van der Waals surface area contributed by atoms with Crippen molar-refractivity contribution in [2.24, 2.45) is 0 Å². The third-order valence-corrected chi connectivity index (χ3v) is 9.82. The highest BCUT2D eigenvalue weighted by atomic mass is 35.5. The highest BCUT2D eigenvalue weighted by molar-refractivity contribution is 7.91. The number of sulfone groups is 1. The van der Waals surface area contributed by atoms with Crippen LogP contribution in [0.15, 0.2) is 47.8 Å². The van der Waals surface area contributed by atoms with Gasteiger partial charge in [0.1, 0.15) is 15.8 Å². The number of nitrogens with zero attached hydrogens (tertiary/aromatic N) is 1. The number of rotatable bonds is 6. The minimum Gasteiger partial charge on any atom is -0.438 e. The monoisotopic (exact) mass is 574 g/mol. The van der Waals surface area contributed by atoms with Crippen LogP contribution in [0, 0.1) is 0 Å². The maximum atomic E-state index is 12.9. The second-order valence-corrected chi connectivity index (χ2v) is 13.3. The fraction of sp³-hybridized carbons (Fsp3) is 0.217. The van der Waals surface area contributed by atoms with Crippen LogP contribution in [-0.4, -0.2) is 25.6 Å². The Bertz CT molecular complexity index is 1580. The standard InChI is InChI=1S/C23H18ClF3N2O4S3/c1-22(2,36(3,31)32)13-4-5-16-12(6-13)7-17(35-16)21(30)28-14-8-19(24)29-20(9-14)33-15-10-18(34-11-15)23(25,26)27/h4-11H,1-3H3,(H,28,29,30). The second kappa shape index (κ2) is 9.33. The van der Waals surface area contributed by atoms with Crippen LogP contribution in [0.2, 0.25) is 5.15 Å². The molecule has 36 heavy (non-hydrogen) atoms. The van der Waals surface area contributed by atoms with Crippen LogP contribution >= 0.6 is 34.3 Å². The first-order chi connectivity index (χ1) is 16.6. The average molecular weight is 575 g/mol. The van der Waals surface area contributed by atoms with Crippen LogP contribution in [0.25, 0.3) is 10.1 Å². The quantitative estimate of drug-likeness (QED) is 0.243. The van der Waals surface area contributed by atoms with Crippen LogP contribution in [0.3, 0.4) is 0 Å². The Balaban J connectivity index is 1.55. The highest BCUT2D eigenvalue weighted by Gasteiger charge is 2.33. The zero-order valence-corrected chi connectivity index (χ0v) is 22.1. The molecule has 3 heterocycles. The minimum absolute atomic E-state index is 0.0296. The first-order valence-corrected chi connectivity index (χ1v) is 14.2. The van der Waals surface area contributed by atoms with Gasteiger partial charge in [-0.25, -0.2) is 13.4 Å². The summed E-state index contributed by atoms with van der Waals surface area (Å²) in [6, 6.07) is 10.5. The molecule has 0 fully saturated rings. The molecule has 190 valence electrons. The van der Waals surface area contributed by atoms with Crippen molar-refractivity contribution in [3.05, 3.63) is 68.3 Å². The summed E-state index contributed by atoms with van der Waals surface area (Å²) in [5.74, 6) is -0.603. The molecular weight excluding hydrogens is 557 g/mol. The van der Waals surface area contributed by atoms with Crippen molar-refractivity contribution in [1.29, 1.82) is 0 Å². The van der Waals surface area contributed by atoms with Gasteiger partial charge in [-0.2, -0.15) is 13.2 Å². The molecular formula is C23H18ClF3N2O4S3. The van der Waals surface area contributed by atoms with Crippen LogP contribution in [0.1, 0.15) is 34.0 Å². The van der Waals surface area contributed by atoms with E-state index in [1.54, 1.807) is 38.1 Å². The summed E-state index contributed by atoms with van der Waals surface area (Å²) in [6.07, 6.45) is -3.31. The molecule has 3 aromatic heterocycles. The number of hydrogen-bond acceptors (Lipinski definition) is 7. The number of pyridine rings is 1. The molecule has 1 aromatic carbocycles. The zero-order chi connectivity index (χ0) is 26.5. The Labute approximate surface area is 217 Å². The van der Waals surface area contributed by atoms with Gasteiger partial charge in [0.05, 0.1) is 9.62 Å². The van der Waals surface area contributed by atoms with Gasteiger partial charge in [-0.3, -0.25) is 4.79 Å². The minimum atomic E-state index is -4.49. The number of hydrogen-bond donors (Lipinski definition) is 1. The fourth-order valence-corrected chi connectivity index (χ4v) is 5.55. The van der Waals surface area contributed by atoms with E-state index in [9.17, 15) is 26.4 Å². The van der Waals surface area contributed by atoms with Gasteiger partial charge in [0.2, 0.25) is 5.88 Å². The van der Waals surface area contributed by atoms with E-state index >= 15 is 0 Å². The number of benzene rings is 1. The molecule has 0 aliphatic carbocycles. The molecule has 0 radical (unpaired) electrons. The number of thiophene rings is 2. The van der Waals surface area contributed by atoms with E-state index in [1.165, 1.54) is 35.1 Å². The van der Waals surface area contributed by atoms with Crippen molar-refractivity contribution in [3.63, 3.8) is 0 Å². The van der Waals surface area contributed by atoms with Crippen LogP contribution in [-0.2, 0) is 20.8 Å². The SMILES string of the molecule is CC(C)(c1ccc2sc(C(=O)Nc3cc(Cl)nc(Oc4csc(C(F)(F)F)c4)c3)cc2c1)S(C)(=O)=O. The summed E-state index contributed by atoms with van der Waals surface area (Å²) in [7, 11) is -3.37. The van der Waals surface area contributed by atoms with E-state index in [4.69, 9.17) is 16.3 Å². The predicted molar refractivity (Wildman–Crippen MR) is 136 cm³/mol. The van der Waals surface area contributed by atoms with Crippen molar-refractivity contribution in [2.45, 2.75) is 24.8 Å². The number of nitrogens with one attached hydrogen (secondary N) is 1. The Morgan fingerprint density at radius 2 is 1.83 bits per heavy atom. The van der Waals surface area contributed by atoms with Crippen LogP contribution in [0.5, 0.6) is 11.6 Å². The molecule has 0 saturated heterocycles. The van der Waals surface area contributed by atoms with E-state index in [-0.39, 0.29) is 22.5 Å². The number of halogens is 4. The Morgan fingerprint density at radius 3 is 2.47 bits per heavy atom. The predicted octanol–water partition coefficient (Wildman–Crippen LogP) is 7.35. The number of fused-ring (bicyclic) bond motifs is 1.